The Balaban J connectivity index is 2.23. The lowest BCUT2D eigenvalue weighted by Crippen LogP contribution is -2.10. The summed E-state index contributed by atoms with van der Waals surface area (Å²) in [6.45, 7) is 2.10. The Kier molecular flexibility index (Phi) is 3.69. The highest BCUT2D eigenvalue weighted by atomic mass is 16.6. The first-order chi connectivity index (χ1) is 9.04. The monoisotopic (exact) mass is 264 g/mol. The molecule has 102 valence electrons. The number of aromatic carboxylic acids is 1. The zero-order valence-corrected chi connectivity index (χ0v) is 10.6. The molecule has 1 saturated carbocycles. The number of carboxylic acids is 1. The van der Waals surface area contributed by atoms with E-state index in [0.717, 1.165) is 19.3 Å². The number of rotatable bonds is 6. The molecule has 6 heteroatoms. The second-order valence-corrected chi connectivity index (χ2v) is 4.80. The minimum atomic E-state index is -1.28. The molecule has 1 aliphatic carbocycles. The Bertz CT molecular complexity index is 515. The third kappa shape index (κ3) is 2.83. The van der Waals surface area contributed by atoms with Crippen molar-refractivity contribution in [2.45, 2.75) is 32.2 Å². The van der Waals surface area contributed by atoms with Crippen molar-refractivity contribution in [2.24, 2.45) is 5.92 Å². The molecule has 0 saturated heterocycles. The molecule has 0 heterocycles. The van der Waals surface area contributed by atoms with Crippen LogP contribution in [0.4, 0.5) is 11.4 Å². The van der Waals surface area contributed by atoms with Crippen LogP contribution in [-0.2, 0) is 0 Å². The van der Waals surface area contributed by atoms with Crippen LogP contribution < -0.4 is 5.32 Å². The highest BCUT2D eigenvalue weighted by Gasteiger charge is 2.37. The number of para-hydroxylation sites is 1. The second kappa shape index (κ2) is 5.26. The van der Waals surface area contributed by atoms with Crippen LogP contribution in [0.1, 0.15) is 36.5 Å². The van der Waals surface area contributed by atoms with Crippen molar-refractivity contribution >= 4 is 17.3 Å². The Morgan fingerprint density at radius 2 is 2.32 bits per heavy atom. The zero-order valence-electron chi connectivity index (χ0n) is 10.6. The van der Waals surface area contributed by atoms with Crippen LogP contribution in [0.5, 0.6) is 0 Å². The van der Waals surface area contributed by atoms with Crippen LogP contribution in [0, 0.1) is 16.0 Å². The number of carbonyl (C=O) groups is 1. The molecule has 2 unspecified atom stereocenters. The fourth-order valence-electron chi connectivity index (χ4n) is 2.34. The average Bonchev–Trinajstić information content (AvgIpc) is 3.07. The molecule has 19 heavy (non-hydrogen) atoms. The average molecular weight is 264 g/mol. The third-order valence-corrected chi connectivity index (χ3v) is 3.37. The first-order valence-electron chi connectivity index (χ1n) is 6.31. The highest BCUT2D eigenvalue weighted by Crippen LogP contribution is 2.39. The lowest BCUT2D eigenvalue weighted by atomic mass is 10.1. The molecule has 2 atom stereocenters. The van der Waals surface area contributed by atoms with Gasteiger partial charge in [0.05, 0.1) is 4.92 Å². The molecular weight excluding hydrogens is 248 g/mol. The van der Waals surface area contributed by atoms with E-state index < -0.39 is 10.9 Å². The molecule has 0 radical (unpaired) electrons. The Morgan fingerprint density at radius 1 is 1.58 bits per heavy atom. The van der Waals surface area contributed by atoms with Crippen LogP contribution in [0.15, 0.2) is 18.2 Å². The summed E-state index contributed by atoms with van der Waals surface area (Å²) < 4.78 is 0. The molecule has 0 aliphatic heterocycles. The Morgan fingerprint density at radius 3 is 2.89 bits per heavy atom. The van der Waals surface area contributed by atoms with Crippen molar-refractivity contribution in [1.29, 1.82) is 0 Å². The van der Waals surface area contributed by atoms with Crippen molar-refractivity contribution in [1.82, 2.24) is 0 Å². The number of nitro benzene ring substituents is 1. The molecule has 0 aromatic heterocycles. The van der Waals surface area contributed by atoms with Gasteiger partial charge in [-0.1, -0.05) is 19.4 Å². The predicted molar refractivity (Wildman–Crippen MR) is 70.5 cm³/mol. The molecule has 0 spiro atoms. The molecule has 2 rings (SSSR count). The maximum Gasteiger partial charge on any atom is 0.342 e. The summed E-state index contributed by atoms with van der Waals surface area (Å²) in [4.78, 5) is 21.4. The topological polar surface area (TPSA) is 92.5 Å². The maximum absolute atomic E-state index is 11.1. The summed E-state index contributed by atoms with van der Waals surface area (Å²) in [6, 6.07) is 4.56. The van der Waals surface area contributed by atoms with Gasteiger partial charge in [0.2, 0.25) is 0 Å². The fraction of sp³-hybridized carbons (Fsp3) is 0.462. The van der Waals surface area contributed by atoms with E-state index in [9.17, 15) is 14.9 Å². The van der Waals surface area contributed by atoms with Gasteiger partial charge in [0.1, 0.15) is 11.3 Å². The van der Waals surface area contributed by atoms with Crippen molar-refractivity contribution in [2.75, 3.05) is 5.32 Å². The van der Waals surface area contributed by atoms with Gasteiger partial charge in [0, 0.05) is 6.04 Å². The third-order valence-electron chi connectivity index (χ3n) is 3.37. The van der Waals surface area contributed by atoms with Crippen molar-refractivity contribution in [3.63, 3.8) is 0 Å². The molecule has 0 amide bonds. The molecule has 0 bridgehead atoms. The lowest BCUT2D eigenvalue weighted by Gasteiger charge is -2.08. The quantitative estimate of drug-likeness (QED) is 0.608. The lowest BCUT2D eigenvalue weighted by molar-refractivity contribution is -0.384. The fourth-order valence-corrected chi connectivity index (χ4v) is 2.34. The number of hydrogen-bond acceptors (Lipinski definition) is 4. The number of nitrogens with zero attached hydrogens (tertiary/aromatic N) is 1. The van der Waals surface area contributed by atoms with E-state index in [0.29, 0.717) is 11.6 Å². The van der Waals surface area contributed by atoms with E-state index >= 15 is 0 Å². The summed E-state index contributed by atoms with van der Waals surface area (Å²) in [5.41, 5.74) is -0.326. The van der Waals surface area contributed by atoms with Gasteiger partial charge in [-0.15, -0.1) is 0 Å². The first-order valence-corrected chi connectivity index (χ1v) is 6.31. The van der Waals surface area contributed by atoms with E-state index in [1.807, 2.05) is 0 Å². The van der Waals surface area contributed by atoms with E-state index in [4.69, 9.17) is 5.11 Å². The number of carboxylic acid groups (broad SMARTS) is 1. The molecule has 2 N–H and O–H groups in total. The maximum atomic E-state index is 11.1. The molecule has 1 aromatic carbocycles. The van der Waals surface area contributed by atoms with Gasteiger partial charge >= 0.3 is 11.7 Å². The largest absolute Gasteiger partial charge is 0.477 e. The van der Waals surface area contributed by atoms with E-state index in [1.54, 1.807) is 6.07 Å². The number of nitro groups is 1. The predicted octanol–water partition coefficient (Wildman–Crippen LogP) is 2.89. The minimum Gasteiger partial charge on any atom is -0.477 e. The van der Waals surface area contributed by atoms with Crippen LogP contribution in [-0.4, -0.2) is 22.0 Å². The molecule has 1 aliphatic rings. The number of anilines is 1. The van der Waals surface area contributed by atoms with Gasteiger partial charge in [0.25, 0.3) is 0 Å². The van der Waals surface area contributed by atoms with E-state index in [1.165, 1.54) is 12.1 Å². The van der Waals surface area contributed by atoms with E-state index in [-0.39, 0.29) is 17.3 Å². The van der Waals surface area contributed by atoms with Gasteiger partial charge in [-0.05, 0) is 30.9 Å². The van der Waals surface area contributed by atoms with Crippen molar-refractivity contribution < 1.29 is 14.8 Å². The molecular formula is C13H16N2O4. The standard InChI is InChI=1S/C13H16N2O4/c1-2-4-8-7-11(8)14-10-6-3-5-9(13(16)17)12(10)15(18)19/h3,5-6,8,11,14H,2,4,7H2,1H3,(H,16,17). The van der Waals surface area contributed by atoms with Crippen molar-refractivity contribution in [3.8, 4) is 0 Å². The van der Waals surface area contributed by atoms with Crippen LogP contribution in [0.2, 0.25) is 0 Å². The normalized spacial score (nSPS) is 20.9. The summed E-state index contributed by atoms with van der Waals surface area (Å²) in [6.07, 6.45) is 3.16. The minimum absolute atomic E-state index is 0.225. The van der Waals surface area contributed by atoms with Gasteiger partial charge in [-0.3, -0.25) is 10.1 Å². The van der Waals surface area contributed by atoms with Gasteiger partial charge in [-0.2, -0.15) is 0 Å². The molecule has 1 aromatic rings. The summed E-state index contributed by atoms with van der Waals surface area (Å²) >= 11 is 0. The number of hydrogen-bond donors (Lipinski definition) is 2. The number of nitrogens with one attached hydrogen (secondary N) is 1. The SMILES string of the molecule is CCCC1CC1Nc1cccc(C(=O)O)c1[N+](=O)[O-]. The van der Waals surface area contributed by atoms with E-state index in [2.05, 4.69) is 12.2 Å². The summed E-state index contributed by atoms with van der Waals surface area (Å²) in [5.74, 6) is -0.741. The molecule has 6 nitrogen and oxygen atoms in total. The van der Waals surface area contributed by atoms with Gasteiger partial charge in [-0.25, -0.2) is 4.79 Å². The second-order valence-electron chi connectivity index (χ2n) is 4.80. The van der Waals surface area contributed by atoms with Crippen molar-refractivity contribution in [3.05, 3.63) is 33.9 Å². The highest BCUT2D eigenvalue weighted by molar-refractivity contribution is 5.95. The first kappa shape index (κ1) is 13.3. The summed E-state index contributed by atoms with van der Waals surface area (Å²) in [7, 11) is 0. The molecule has 1 fully saturated rings. The van der Waals surface area contributed by atoms with Crippen LogP contribution in [0.25, 0.3) is 0 Å². The number of benzene rings is 1. The Hall–Kier alpha value is -2.11. The van der Waals surface area contributed by atoms with Gasteiger partial charge in [0.15, 0.2) is 0 Å². The zero-order chi connectivity index (χ0) is 14.0. The smallest absolute Gasteiger partial charge is 0.342 e. The van der Waals surface area contributed by atoms with Crippen LogP contribution >= 0.6 is 0 Å². The van der Waals surface area contributed by atoms with Gasteiger partial charge < -0.3 is 10.4 Å². The van der Waals surface area contributed by atoms with Crippen LogP contribution in [0.3, 0.4) is 0 Å². The summed E-state index contributed by atoms with van der Waals surface area (Å²) in [5, 5.41) is 23.1. The Labute approximate surface area is 110 Å².